The Bertz CT molecular complexity index is 562. The molecule has 0 unspecified atom stereocenters. The third-order valence-corrected chi connectivity index (χ3v) is 21.3. The maximum atomic E-state index is 5.97. The molecule has 4 nitrogen and oxygen atoms in total. The molecule has 0 saturated carbocycles. The summed E-state index contributed by atoms with van der Waals surface area (Å²) in [7, 11) is -0.792. The molecule has 0 heterocycles. The second-order valence-corrected chi connectivity index (χ2v) is 18.8. The first-order chi connectivity index (χ1) is 12.3. The lowest BCUT2D eigenvalue weighted by Gasteiger charge is -2.44. The third kappa shape index (κ3) is 3.75. The van der Waals surface area contributed by atoms with Crippen molar-refractivity contribution < 1.29 is 17.7 Å². The fourth-order valence-electron chi connectivity index (χ4n) is 3.73. The van der Waals surface area contributed by atoms with Gasteiger partial charge >= 0.3 is 17.1 Å². The summed E-state index contributed by atoms with van der Waals surface area (Å²) in [5.41, 5.74) is 0. The molecule has 0 atom stereocenters. The van der Waals surface area contributed by atoms with E-state index in [-0.39, 0.29) is 0 Å². The van der Waals surface area contributed by atoms with Gasteiger partial charge < -0.3 is 17.7 Å². The van der Waals surface area contributed by atoms with Crippen LogP contribution < -0.4 is 5.19 Å². The highest BCUT2D eigenvalue weighted by Gasteiger charge is 2.55. The van der Waals surface area contributed by atoms with Gasteiger partial charge in [-0.15, -0.1) is 13.2 Å². The second kappa shape index (κ2) is 9.41. The normalized spacial score (nSPS) is 12.9. The van der Waals surface area contributed by atoms with E-state index >= 15 is 0 Å². The molecule has 0 amide bonds. The van der Waals surface area contributed by atoms with Gasteiger partial charge in [0, 0.05) is 28.4 Å². The lowest BCUT2D eigenvalue weighted by atomic mass is 10.4. The van der Waals surface area contributed by atoms with Gasteiger partial charge in [0.15, 0.2) is 0 Å². The maximum Gasteiger partial charge on any atom is 0.363 e. The zero-order valence-corrected chi connectivity index (χ0v) is 20.3. The van der Waals surface area contributed by atoms with Crippen LogP contribution in [0.25, 0.3) is 0 Å². The van der Waals surface area contributed by atoms with Crippen LogP contribution in [0.5, 0.6) is 0 Å². The van der Waals surface area contributed by atoms with E-state index in [1.807, 2.05) is 6.07 Å². The van der Waals surface area contributed by atoms with Crippen molar-refractivity contribution in [3.8, 4) is 0 Å². The molecule has 0 fully saturated rings. The average Bonchev–Trinajstić information content (AvgIpc) is 2.71. The molecular formula is C19H34O4Si3. The van der Waals surface area contributed by atoms with Crippen molar-refractivity contribution >= 4 is 30.4 Å². The van der Waals surface area contributed by atoms with Crippen molar-refractivity contribution in [3.05, 3.63) is 53.1 Å². The van der Waals surface area contributed by atoms with E-state index in [9.17, 15) is 0 Å². The van der Waals surface area contributed by atoms with Crippen LogP contribution in [0, 0.1) is 0 Å². The van der Waals surface area contributed by atoms with Crippen molar-refractivity contribution in [1.29, 1.82) is 0 Å². The minimum absolute atomic E-state index is 0.794. The predicted octanol–water partition coefficient (Wildman–Crippen LogP) is 3.75. The van der Waals surface area contributed by atoms with Crippen LogP contribution >= 0.6 is 0 Å². The van der Waals surface area contributed by atoms with Crippen LogP contribution in [-0.4, -0.2) is 53.6 Å². The summed E-state index contributed by atoms with van der Waals surface area (Å²) in [4.78, 5) is 2.13. The molecule has 146 valence electrons. The Balaban J connectivity index is 3.71. The van der Waals surface area contributed by atoms with Crippen LogP contribution in [0.3, 0.4) is 0 Å². The molecule has 1 aromatic rings. The fraction of sp³-hybridized carbons (Fsp3) is 0.474. The number of rotatable bonds is 11. The van der Waals surface area contributed by atoms with E-state index in [0.29, 0.717) is 0 Å². The van der Waals surface area contributed by atoms with Crippen molar-refractivity contribution in [2.24, 2.45) is 0 Å². The Morgan fingerprint density at radius 2 is 1.12 bits per heavy atom. The lowest BCUT2D eigenvalue weighted by molar-refractivity contribution is 0.254. The molecule has 26 heavy (non-hydrogen) atoms. The first kappa shape index (κ1) is 23.2. The maximum absolute atomic E-state index is 5.97. The summed E-state index contributed by atoms with van der Waals surface area (Å²) in [5.74, 6) is 0. The molecular weight excluding hydrogens is 376 g/mol. The standard InChI is InChI=1S/C19H34O4Si3/c1-10-25(20-5,21-6)17(3)24(9,19-15-13-12-14-16-19)18(4)26(11-2,22-7)23-8/h12-16H,3-4,10-11H2,1-2,5-9H3. The summed E-state index contributed by atoms with van der Waals surface area (Å²) in [5, 5.41) is 1.23. The molecule has 0 N–H and O–H groups in total. The first-order valence-electron chi connectivity index (χ1n) is 8.94. The molecule has 7 heteroatoms. The van der Waals surface area contributed by atoms with Crippen molar-refractivity contribution in [2.75, 3.05) is 28.4 Å². The van der Waals surface area contributed by atoms with Gasteiger partial charge in [0.2, 0.25) is 0 Å². The first-order valence-corrected chi connectivity index (χ1v) is 15.5. The molecule has 0 aliphatic rings. The number of benzene rings is 1. The Labute approximate surface area is 162 Å². The molecule has 0 spiro atoms. The van der Waals surface area contributed by atoms with Gasteiger partial charge in [0.05, 0.1) is 0 Å². The minimum Gasteiger partial charge on any atom is -0.395 e. The van der Waals surface area contributed by atoms with Crippen molar-refractivity contribution in [1.82, 2.24) is 0 Å². The number of hydrogen-bond acceptors (Lipinski definition) is 4. The van der Waals surface area contributed by atoms with E-state index in [0.717, 1.165) is 21.7 Å². The quantitative estimate of drug-likeness (QED) is 0.521. The van der Waals surface area contributed by atoms with E-state index in [2.05, 4.69) is 57.8 Å². The van der Waals surface area contributed by atoms with Gasteiger partial charge in [-0.2, -0.15) is 0 Å². The van der Waals surface area contributed by atoms with Crippen LogP contribution in [0.15, 0.2) is 53.1 Å². The zero-order chi connectivity index (χ0) is 20.0. The second-order valence-electron chi connectivity index (χ2n) is 6.48. The van der Waals surface area contributed by atoms with E-state index < -0.39 is 25.2 Å². The van der Waals surface area contributed by atoms with Crippen LogP contribution in [0.4, 0.5) is 0 Å². The average molecular weight is 411 g/mol. The summed E-state index contributed by atoms with van der Waals surface area (Å²) in [6, 6.07) is 12.0. The van der Waals surface area contributed by atoms with Crippen molar-refractivity contribution in [3.63, 3.8) is 0 Å². The molecule has 0 aliphatic carbocycles. The molecule has 1 aromatic carbocycles. The lowest BCUT2D eigenvalue weighted by Crippen LogP contribution is -2.64. The molecule has 0 aromatic heterocycles. The Hall–Kier alpha value is -0.809. The SMILES string of the molecule is C=C([Si](CC)(OC)OC)[Si](C)(C(=C)[Si](CC)(OC)OC)c1ccccc1. The topological polar surface area (TPSA) is 36.9 Å². The highest BCUT2D eigenvalue weighted by molar-refractivity contribution is 7.19. The minimum atomic E-state index is -2.60. The highest BCUT2D eigenvalue weighted by Crippen LogP contribution is 2.37. The monoisotopic (exact) mass is 410 g/mol. The molecule has 0 aliphatic heterocycles. The van der Waals surface area contributed by atoms with Gasteiger partial charge in [-0.3, -0.25) is 0 Å². The van der Waals surface area contributed by atoms with Gasteiger partial charge in [0.1, 0.15) is 8.07 Å². The Morgan fingerprint density at radius 1 is 0.769 bits per heavy atom. The predicted molar refractivity (Wildman–Crippen MR) is 116 cm³/mol. The smallest absolute Gasteiger partial charge is 0.363 e. The summed E-state index contributed by atoms with van der Waals surface area (Å²) < 4.78 is 23.9. The zero-order valence-electron chi connectivity index (χ0n) is 17.3. The third-order valence-electron chi connectivity index (χ3n) is 5.73. The Morgan fingerprint density at radius 3 is 1.38 bits per heavy atom. The summed E-state index contributed by atoms with van der Waals surface area (Å²) in [6.07, 6.45) is 0. The molecule has 0 bridgehead atoms. The van der Waals surface area contributed by atoms with Gasteiger partial charge in [0.25, 0.3) is 0 Å². The summed E-state index contributed by atoms with van der Waals surface area (Å²) in [6.45, 7) is 15.6. The molecule has 0 radical (unpaired) electrons. The number of hydrogen-bond donors (Lipinski definition) is 0. The van der Waals surface area contributed by atoms with E-state index in [4.69, 9.17) is 17.7 Å². The fourth-order valence-corrected chi connectivity index (χ4v) is 19.5. The van der Waals surface area contributed by atoms with E-state index in [1.165, 1.54) is 5.19 Å². The van der Waals surface area contributed by atoms with Crippen LogP contribution in [0.1, 0.15) is 13.8 Å². The van der Waals surface area contributed by atoms with E-state index in [1.54, 1.807) is 28.4 Å². The Kier molecular flexibility index (Phi) is 8.40. The highest BCUT2D eigenvalue weighted by atomic mass is 28.4. The molecule has 0 saturated heterocycles. The summed E-state index contributed by atoms with van der Waals surface area (Å²) >= 11 is 0. The van der Waals surface area contributed by atoms with Gasteiger partial charge in [-0.05, 0) is 21.7 Å². The van der Waals surface area contributed by atoms with Gasteiger partial charge in [-0.25, -0.2) is 0 Å². The van der Waals surface area contributed by atoms with Crippen molar-refractivity contribution in [2.45, 2.75) is 32.5 Å². The van der Waals surface area contributed by atoms with Crippen LogP contribution in [-0.2, 0) is 17.7 Å². The van der Waals surface area contributed by atoms with Gasteiger partial charge in [-0.1, -0.05) is 55.9 Å². The van der Waals surface area contributed by atoms with Crippen LogP contribution in [0.2, 0.25) is 18.6 Å². The largest absolute Gasteiger partial charge is 0.395 e. The molecule has 1 rings (SSSR count).